The largest absolute Gasteiger partial charge is 0.381 e. The maximum Gasteiger partial charge on any atom is 0.278 e. The molecule has 4 aromatic rings. The van der Waals surface area contributed by atoms with Gasteiger partial charge in [0, 0.05) is 53.8 Å². The van der Waals surface area contributed by atoms with E-state index >= 15 is 0 Å². The van der Waals surface area contributed by atoms with Crippen LogP contribution in [0.2, 0.25) is 5.02 Å². The van der Waals surface area contributed by atoms with Gasteiger partial charge in [-0.2, -0.15) is 10.1 Å². The lowest BCUT2D eigenvalue weighted by atomic mass is 10.0. The minimum absolute atomic E-state index is 0.181. The van der Waals surface area contributed by atoms with Gasteiger partial charge >= 0.3 is 0 Å². The predicted molar refractivity (Wildman–Crippen MR) is 119 cm³/mol. The number of aromatic nitrogens is 6. The van der Waals surface area contributed by atoms with Crippen molar-refractivity contribution < 1.29 is 9.26 Å². The highest BCUT2D eigenvalue weighted by molar-refractivity contribution is 6.31. The van der Waals surface area contributed by atoms with E-state index in [0.29, 0.717) is 34.8 Å². The third kappa shape index (κ3) is 3.25. The van der Waals surface area contributed by atoms with Gasteiger partial charge in [-0.25, -0.2) is 4.98 Å². The lowest BCUT2D eigenvalue weighted by molar-refractivity contribution is 0.181. The average Bonchev–Trinajstić information content (AvgIpc) is 3.55. The topological polar surface area (TPSA) is 83.8 Å². The van der Waals surface area contributed by atoms with E-state index in [0.717, 1.165) is 54.4 Å². The van der Waals surface area contributed by atoms with Crippen molar-refractivity contribution in [1.29, 1.82) is 0 Å². The predicted octanol–water partition coefficient (Wildman–Crippen LogP) is 4.50. The van der Waals surface area contributed by atoms with Crippen molar-refractivity contribution in [2.24, 2.45) is 5.92 Å². The molecule has 0 spiro atoms. The number of ether oxygens (including phenoxy) is 1. The minimum Gasteiger partial charge on any atom is -0.381 e. The molecular weight excluding hydrogens is 428 g/mol. The van der Waals surface area contributed by atoms with Gasteiger partial charge < -0.3 is 13.8 Å². The van der Waals surface area contributed by atoms with Crippen LogP contribution in [0, 0.1) is 5.92 Å². The van der Waals surface area contributed by atoms with E-state index < -0.39 is 0 Å². The Morgan fingerprint density at radius 3 is 2.94 bits per heavy atom. The van der Waals surface area contributed by atoms with Crippen molar-refractivity contribution in [3.05, 3.63) is 52.8 Å². The summed E-state index contributed by atoms with van der Waals surface area (Å²) in [5.74, 6) is 1.79. The second kappa shape index (κ2) is 7.56. The summed E-state index contributed by atoms with van der Waals surface area (Å²) in [5, 5.41) is 9.77. The van der Waals surface area contributed by atoms with Gasteiger partial charge in [-0.05, 0) is 24.6 Å². The first-order valence-electron chi connectivity index (χ1n) is 10.9. The van der Waals surface area contributed by atoms with E-state index in [1.807, 2.05) is 43.1 Å². The zero-order valence-corrected chi connectivity index (χ0v) is 18.7. The van der Waals surface area contributed by atoms with Crippen molar-refractivity contribution in [3.8, 4) is 28.5 Å². The van der Waals surface area contributed by atoms with Crippen molar-refractivity contribution >= 4 is 11.6 Å². The monoisotopic (exact) mass is 450 g/mol. The Labute approximate surface area is 190 Å². The molecule has 0 saturated carbocycles. The summed E-state index contributed by atoms with van der Waals surface area (Å²) in [6, 6.07) is 5.88. The van der Waals surface area contributed by atoms with Crippen molar-refractivity contribution in [2.75, 3.05) is 13.2 Å². The zero-order chi connectivity index (χ0) is 21.8. The molecule has 5 heterocycles. The SMILES string of the molecule is CC(C)c1noc(-c2ncn3c2Cc2cn(CC4CCOC4)nc2-c2cc(Cl)ccc2-3)n1. The number of rotatable bonds is 4. The Morgan fingerprint density at radius 2 is 2.16 bits per heavy atom. The van der Waals surface area contributed by atoms with E-state index in [-0.39, 0.29) is 5.92 Å². The molecule has 32 heavy (non-hydrogen) atoms. The first-order chi connectivity index (χ1) is 15.6. The number of hydrogen-bond acceptors (Lipinski definition) is 6. The summed E-state index contributed by atoms with van der Waals surface area (Å²) in [6.07, 6.45) is 5.67. The van der Waals surface area contributed by atoms with Gasteiger partial charge in [0.05, 0.1) is 23.7 Å². The summed E-state index contributed by atoms with van der Waals surface area (Å²) < 4.78 is 15.2. The molecule has 1 aromatic carbocycles. The zero-order valence-electron chi connectivity index (χ0n) is 18.0. The Kier molecular flexibility index (Phi) is 4.66. The smallest absolute Gasteiger partial charge is 0.278 e. The second-order valence-electron chi connectivity index (χ2n) is 8.82. The lowest BCUT2D eigenvalue weighted by Crippen LogP contribution is -2.11. The third-order valence-corrected chi connectivity index (χ3v) is 6.40. The highest BCUT2D eigenvalue weighted by atomic mass is 35.5. The standard InChI is InChI=1S/C23H23ClN6O2/c1-13(2)22-26-23(32-28-22)21-19-7-15-10-29(9-14-5-6-31-11-14)27-20(15)17-8-16(24)3-4-18(17)30(19)12-25-21/h3-4,8,10,12-14H,5-7,9,11H2,1-2H3. The summed E-state index contributed by atoms with van der Waals surface area (Å²) >= 11 is 6.39. The normalized spacial score (nSPS) is 17.3. The Hall–Kier alpha value is -2.97. The summed E-state index contributed by atoms with van der Waals surface area (Å²) in [7, 11) is 0. The van der Waals surface area contributed by atoms with E-state index in [1.54, 1.807) is 0 Å². The molecule has 3 aromatic heterocycles. The van der Waals surface area contributed by atoms with Crippen LogP contribution in [0.1, 0.15) is 43.3 Å². The molecular formula is C23H23ClN6O2. The number of nitrogens with zero attached hydrogens (tertiary/aromatic N) is 6. The molecule has 164 valence electrons. The average molecular weight is 451 g/mol. The van der Waals surface area contributed by atoms with Crippen LogP contribution >= 0.6 is 11.6 Å². The summed E-state index contributed by atoms with van der Waals surface area (Å²) in [4.78, 5) is 9.24. The highest BCUT2D eigenvalue weighted by Crippen LogP contribution is 2.38. The molecule has 0 amide bonds. The van der Waals surface area contributed by atoms with Gasteiger partial charge in [-0.15, -0.1) is 0 Å². The van der Waals surface area contributed by atoms with Crippen LogP contribution in [-0.2, 0) is 17.7 Å². The first kappa shape index (κ1) is 19.7. The molecule has 0 bridgehead atoms. The van der Waals surface area contributed by atoms with E-state index in [4.69, 9.17) is 26.0 Å². The number of halogens is 1. The molecule has 0 radical (unpaired) electrons. The molecule has 1 saturated heterocycles. The lowest BCUT2D eigenvalue weighted by Gasteiger charge is -2.11. The number of fused-ring (bicyclic) bond motifs is 5. The van der Waals surface area contributed by atoms with Crippen LogP contribution in [-0.4, -0.2) is 42.7 Å². The van der Waals surface area contributed by atoms with E-state index in [2.05, 4.69) is 25.9 Å². The second-order valence-corrected chi connectivity index (χ2v) is 9.25. The van der Waals surface area contributed by atoms with Gasteiger partial charge in [-0.1, -0.05) is 30.6 Å². The Morgan fingerprint density at radius 1 is 1.25 bits per heavy atom. The molecule has 0 aliphatic carbocycles. The van der Waals surface area contributed by atoms with Gasteiger partial charge in [-0.3, -0.25) is 4.68 Å². The minimum atomic E-state index is 0.181. The van der Waals surface area contributed by atoms with Gasteiger partial charge in [0.1, 0.15) is 6.33 Å². The van der Waals surface area contributed by atoms with Gasteiger partial charge in [0.2, 0.25) is 0 Å². The molecule has 1 fully saturated rings. The molecule has 1 atom stereocenters. The van der Waals surface area contributed by atoms with Crippen LogP contribution in [0.5, 0.6) is 0 Å². The molecule has 1 unspecified atom stereocenters. The maximum atomic E-state index is 6.39. The van der Waals surface area contributed by atoms with Crippen LogP contribution in [0.4, 0.5) is 0 Å². The molecule has 0 N–H and O–H groups in total. The quantitative estimate of drug-likeness (QED) is 0.400. The van der Waals surface area contributed by atoms with Gasteiger partial charge in [0.25, 0.3) is 5.89 Å². The van der Waals surface area contributed by atoms with Crippen LogP contribution in [0.3, 0.4) is 0 Å². The Balaban J connectivity index is 1.48. The maximum absolute atomic E-state index is 6.39. The third-order valence-electron chi connectivity index (χ3n) is 6.17. The molecule has 2 aliphatic heterocycles. The molecule has 9 heteroatoms. The highest BCUT2D eigenvalue weighted by Gasteiger charge is 2.28. The molecule has 6 rings (SSSR count). The summed E-state index contributed by atoms with van der Waals surface area (Å²) in [5.41, 5.74) is 5.75. The number of hydrogen-bond donors (Lipinski definition) is 0. The van der Waals surface area contributed by atoms with Crippen LogP contribution in [0.15, 0.2) is 35.2 Å². The fourth-order valence-electron chi connectivity index (χ4n) is 4.49. The fourth-order valence-corrected chi connectivity index (χ4v) is 4.66. The van der Waals surface area contributed by atoms with Gasteiger partial charge in [0.15, 0.2) is 11.5 Å². The van der Waals surface area contributed by atoms with Crippen molar-refractivity contribution in [1.82, 2.24) is 29.5 Å². The van der Waals surface area contributed by atoms with Crippen molar-refractivity contribution in [3.63, 3.8) is 0 Å². The molecule has 2 aliphatic rings. The van der Waals surface area contributed by atoms with Crippen LogP contribution < -0.4 is 0 Å². The van der Waals surface area contributed by atoms with Crippen LogP contribution in [0.25, 0.3) is 28.5 Å². The van der Waals surface area contributed by atoms with E-state index in [1.165, 1.54) is 0 Å². The number of benzene rings is 1. The first-order valence-corrected chi connectivity index (χ1v) is 11.3. The Bertz CT molecular complexity index is 1300. The van der Waals surface area contributed by atoms with Crippen molar-refractivity contribution in [2.45, 2.75) is 39.2 Å². The summed E-state index contributed by atoms with van der Waals surface area (Å²) in [6.45, 7) is 6.54. The molecule has 8 nitrogen and oxygen atoms in total. The fraction of sp³-hybridized carbons (Fsp3) is 0.391. The van der Waals surface area contributed by atoms with E-state index in [9.17, 15) is 0 Å². The number of imidazole rings is 1.